The summed E-state index contributed by atoms with van der Waals surface area (Å²) in [5.74, 6) is -0.352. The highest BCUT2D eigenvalue weighted by atomic mass is 16.2. The van der Waals surface area contributed by atoms with E-state index in [9.17, 15) is 9.59 Å². The molecule has 0 saturated carbocycles. The van der Waals surface area contributed by atoms with Gasteiger partial charge in [0.2, 0.25) is 5.91 Å². The molecule has 1 saturated heterocycles. The van der Waals surface area contributed by atoms with E-state index in [0.717, 1.165) is 54.6 Å². The smallest absolute Gasteiger partial charge is 0.272 e. The largest absolute Gasteiger partial charge is 0.369 e. The Balaban J connectivity index is 1.39. The number of fused-ring (bicyclic) bond motifs is 1. The molecule has 1 aliphatic rings. The Morgan fingerprint density at radius 2 is 1.86 bits per heavy atom. The van der Waals surface area contributed by atoms with Crippen LogP contribution in [0.4, 0.5) is 5.69 Å². The van der Waals surface area contributed by atoms with Crippen LogP contribution in [0, 0.1) is 5.92 Å². The van der Waals surface area contributed by atoms with Gasteiger partial charge in [-0.25, -0.2) is 0 Å². The molecule has 4 N–H and O–H groups in total. The van der Waals surface area contributed by atoms with Crippen LogP contribution in [0.5, 0.6) is 0 Å². The highest BCUT2D eigenvalue weighted by Crippen LogP contribution is 2.21. The molecule has 6 heteroatoms. The Morgan fingerprint density at radius 3 is 2.61 bits per heavy atom. The van der Waals surface area contributed by atoms with E-state index in [1.54, 1.807) is 0 Å². The number of nitrogens with two attached hydrogens (primary N) is 1. The second kappa shape index (κ2) is 7.86. The van der Waals surface area contributed by atoms with Crippen molar-refractivity contribution in [2.45, 2.75) is 19.4 Å². The lowest BCUT2D eigenvalue weighted by atomic mass is 9.96. The highest BCUT2D eigenvalue weighted by Gasteiger charge is 2.23. The van der Waals surface area contributed by atoms with Crippen molar-refractivity contribution >= 4 is 28.4 Å². The number of carbonyl (C=O) groups is 2. The number of benzene rings is 2. The molecule has 144 valence electrons. The zero-order valence-corrected chi connectivity index (χ0v) is 15.7. The SMILES string of the molecule is NC(=O)C1CCN(Cc2cccc(NC(=O)c3cc4ccccc4[nH]3)c2)CC1. The summed E-state index contributed by atoms with van der Waals surface area (Å²) in [6.07, 6.45) is 1.62. The summed E-state index contributed by atoms with van der Waals surface area (Å²) in [4.78, 5) is 29.4. The highest BCUT2D eigenvalue weighted by molar-refractivity contribution is 6.05. The van der Waals surface area contributed by atoms with Crippen LogP contribution < -0.4 is 11.1 Å². The number of H-pyrrole nitrogens is 1. The van der Waals surface area contributed by atoms with Crippen molar-refractivity contribution < 1.29 is 9.59 Å². The minimum absolute atomic E-state index is 0.00168. The zero-order chi connectivity index (χ0) is 19.5. The van der Waals surface area contributed by atoms with Gasteiger partial charge in [0.05, 0.1) is 0 Å². The minimum Gasteiger partial charge on any atom is -0.369 e. The monoisotopic (exact) mass is 376 g/mol. The van der Waals surface area contributed by atoms with E-state index in [2.05, 4.69) is 21.3 Å². The molecular formula is C22H24N4O2. The van der Waals surface area contributed by atoms with E-state index < -0.39 is 0 Å². The van der Waals surface area contributed by atoms with Gasteiger partial charge in [-0.15, -0.1) is 0 Å². The number of rotatable bonds is 5. The fourth-order valence-corrected chi connectivity index (χ4v) is 3.78. The number of likely N-dealkylation sites (tertiary alicyclic amines) is 1. The molecule has 1 aliphatic heterocycles. The first-order chi connectivity index (χ1) is 13.6. The summed E-state index contributed by atoms with van der Waals surface area (Å²) < 4.78 is 0. The number of hydrogen-bond donors (Lipinski definition) is 3. The molecule has 2 aromatic carbocycles. The molecule has 1 aromatic heterocycles. The Morgan fingerprint density at radius 1 is 1.07 bits per heavy atom. The van der Waals surface area contributed by atoms with Crippen LogP contribution in [-0.4, -0.2) is 34.8 Å². The molecule has 2 amide bonds. The molecule has 3 aromatic rings. The number of hydrogen-bond acceptors (Lipinski definition) is 3. The fourth-order valence-electron chi connectivity index (χ4n) is 3.78. The van der Waals surface area contributed by atoms with Gasteiger partial charge in [0.1, 0.15) is 5.69 Å². The van der Waals surface area contributed by atoms with Crippen molar-refractivity contribution in [3.63, 3.8) is 0 Å². The number of amides is 2. The van der Waals surface area contributed by atoms with Crippen LogP contribution in [-0.2, 0) is 11.3 Å². The normalized spacial score (nSPS) is 15.6. The van der Waals surface area contributed by atoms with Crippen LogP contribution in [0.1, 0.15) is 28.9 Å². The molecule has 6 nitrogen and oxygen atoms in total. The Labute approximate surface area is 163 Å². The molecule has 28 heavy (non-hydrogen) atoms. The fraction of sp³-hybridized carbons (Fsp3) is 0.273. The number of nitrogens with zero attached hydrogens (tertiary/aromatic N) is 1. The van der Waals surface area contributed by atoms with Gasteiger partial charge in [-0.05, 0) is 55.8 Å². The average molecular weight is 376 g/mol. The maximum atomic E-state index is 12.6. The van der Waals surface area contributed by atoms with Gasteiger partial charge in [-0.1, -0.05) is 30.3 Å². The van der Waals surface area contributed by atoms with Crippen molar-refractivity contribution in [2.24, 2.45) is 11.7 Å². The molecule has 0 bridgehead atoms. The number of para-hydroxylation sites is 1. The van der Waals surface area contributed by atoms with Crippen molar-refractivity contribution in [3.8, 4) is 0 Å². The number of primary amides is 1. The van der Waals surface area contributed by atoms with Crippen LogP contribution in [0.2, 0.25) is 0 Å². The Bertz CT molecular complexity index is 969. The standard InChI is InChI=1S/C22H24N4O2/c23-21(27)16-8-10-26(11-9-16)14-15-4-3-6-18(12-15)24-22(28)20-13-17-5-1-2-7-19(17)25-20/h1-7,12-13,16,25H,8-11,14H2,(H2,23,27)(H,24,28). The summed E-state index contributed by atoms with van der Waals surface area (Å²) in [6, 6.07) is 17.6. The first-order valence-electron chi connectivity index (χ1n) is 9.58. The van der Waals surface area contributed by atoms with Gasteiger partial charge in [0.15, 0.2) is 0 Å². The lowest BCUT2D eigenvalue weighted by Crippen LogP contribution is -2.38. The Kier molecular flexibility index (Phi) is 5.12. The summed E-state index contributed by atoms with van der Waals surface area (Å²) >= 11 is 0. The van der Waals surface area contributed by atoms with Crippen molar-refractivity contribution in [1.29, 1.82) is 0 Å². The third-order valence-electron chi connectivity index (χ3n) is 5.36. The van der Waals surface area contributed by atoms with E-state index >= 15 is 0 Å². The molecule has 0 atom stereocenters. The first kappa shape index (κ1) is 18.3. The van der Waals surface area contributed by atoms with Crippen LogP contribution in [0.25, 0.3) is 10.9 Å². The van der Waals surface area contributed by atoms with Crippen LogP contribution in [0.15, 0.2) is 54.6 Å². The van der Waals surface area contributed by atoms with Gasteiger partial charge in [-0.2, -0.15) is 0 Å². The van der Waals surface area contributed by atoms with Gasteiger partial charge in [-0.3, -0.25) is 14.5 Å². The van der Waals surface area contributed by atoms with Gasteiger partial charge in [0, 0.05) is 29.1 Å². The van der Waals surface area contributed by atoms with E-state index in [1.165, 1.54) is 0 Å². The second-order valence-corrected chi connectivity index (χ2v) is 7.38. The molecule has 1 fully saturated rings. The van der Waals surface area contributed by atoms with E-state index in [1.807, 2.05) is 48.5 Å². The third-order valence-corrected chi connectivity index (χ3v) is 5.36. The van der Waals surface area contributed by atoms with Crippen molar-refractivity contribution in [1.82, 2.24) is 9.88 Å². The van der Waals surface area contributed by atoms with Gasteiger partial charge < -0.3 is 16.0 Å². The van der Waals surface area contributed by atoms with Gasteiger partial charge >= 0.3 is 0 Å². The molecule has 0 unspecified atom stereocenters. The number of aromatic nitrogens is 1. The zero-order valence-electron chi connectivity index (χ0n) is 15.7. The maximum absolute atomic E-state index is 12.6. The van der Waals surface area contributed by atoms with Crippen LogP contribution in [0.3, 0.4) is 0 Å². The molecular weight excluding hydrogens is 352 g/mol. The van der Waals surface area contributed by atoms with Gasteiger partial charge in [0.25, 0.3) is 5.91 Å². The number of anilines is 1. The Hall–Kier alpha value is -3.12. The second-order valence-electron chi connectivity index (χ2n) is 7.38. The van der Waals surface area contributed by atoms with E-state index in [4.69, 9.17) is 5.73 Å². The summed E-state index contributed by atoms with van der Waals surface area (Å²) in [5, 5.41) is 3.98. The number of piperidine rings is 1. The average Bonchev–Trinajstić information content (AvgIpc) is 3.13. The molecule has 2 heterocycles. The third kappa shape index (κ3) is 4.07. The molecule has 0 radical (unpaired) electrons. The quantitative estimate of drug-likeness (QED) is 0.639. The lowest BCUT2D eigenvalue weighted by Gasteiger charge is -2.30. The number of carbonyl (C=O) groups excluding carboxylic acids is 2. The molecule has 0 spiro atoms. The number of aromatic amines is 1. The first-order valence-corrected chi connectivity index (χ1v) is 9.58. The van der Waals surface area contributed by atoms with E-state index in [0.29, 0.717) is 5.69 Å². The van der Waals surface area contributed by atoms with E-state index in [-0.39, 0.29) is 17.7 Å². The molecule has 4 rings (SSSR count). The lowest BCUT2D eigenvalue weighted by molar-refractivity contribution is -0.123. The molecule has 0 aliphatic carbocycles. The maximum Gasteiger partial charge on any atom is 0.272 e. The predicted molar refractivity (Wildman–Crippen MR) is 110 cm³/mol. The van der Waals surface area contributed by atoms with Crippen LogP contribution >= 0.6 is 0 Å². The predicted octanol–water partition coefficient (Wildman–Crippen LogP) is 3.12. The summed E-state index contributed by atoms with van der Waals surface area (Å²) in [5.41, 5.74) is 8.79. The van der Waals surface area contributed by atoms with Crippen molar-refractivity contribution in [3.05, 3.63) is 65.9 Å². The topological polar surface area (TPSA) is 91.2 Å². The minimum atomic E-state index is -0.193. The number of nitrogens with one attached hydrogen (secondary N) is 2. The summed E-state index contributed by atoms with van der Waals surface area (Å²) in [7, 11) is 0. The summed E-state index contributed by atoms with van der Waals surface area (Å²) in [6.45, 7) is 2.51. The van der Waals surface area contributed by atoms with Crippen molar-refractivity contribution in [2.75, 3.05) is 18.4 Å².